The van der Waals surface area contributed by atoms with Crippen LogP contribution in [0.3, 0.4) is 0 Å². The molecule has 0 saturated heterocycles. The highest BCUT2D eigenvalue weighted by Crippen LogP contribution is 2.36. The molecule has 1 aliphatic rings. The van der Waals surface area contributed by atoms with Crippen LogP contribution < -0.4 is 4.74 Å². The second kappa shape index (κ2) is 8.55. The topological polar surface area (TPSA) is 49.2 Å². The van der Waals surface area contributed by atoms with Crippen LogP contribution in [-0.4, -0.2) is 21.6 Å². The summed E-state index contributed by atoms with van der Waals surface area (Å²) in [7, 11) is 0. The molecule has 3 aromatic rings. The van der Waals surface area contributed by atoms with Gasteiger partial charge in [-0.2, -0.15) is 0 Å². The van der Waals surface area contributed by atoms with Gasteiger partial charge in [-0.3, -0.25) is 0 Å². The first-order valence-electron chi connectivity index (χ1n) is 9.30. The molecule has 0 atom stereocenters. The largest absolute Gasteiger partial charge is 0.467 e. The predicted molar refractivity (Wildman–Crippen MR) is 112 cm³/mol. The normalized spacial score (nSPS) is 13.2. The molecule has 0 aliphatic carbocycles. The van der Waals surface area contributed by atoms with E-state index >= 15 is 0 Å². The van der Waals surface area contributed by atoms with Crippen LogP contribution in [-0.2, 0) is 23.6 Å². The van der Waals surface area contributed by atoms with Gasteiger partial charge >= 0.3 is 0 Å². The lowest BCUT2D eigenvalue weighted by atomic mass is 10.1. The molecule has 0 radical (unpaired) electrons. The Hall–Kier alpha value is -2.02. The number of fused-ring (bicyclic) bond motifs is 1. The zero-order valence-corrected chi connectivity index (χ0v) is 17.5. The third kappa shape index (κ3) is 4.04. The lowest BCUT2D eigenvalue weighted by Gasteiger charge is -2.21. The number of halogens is 1. The number of benzene rings is 2. The SMILES string of the molecule is CCCn1c(SCc2cc(Cl)cc3c2OCOC3)nnc1-c1cccc(C)c1. The number of nitrogens with zero attached hydrogens (tertiary/aromatic N) is 3. The highest BCUT2D eigenvalue weighted by molar-refractivity contribution is 7.98. The Morgan fingerprint density at radius 2 is 2.11 bits per heavy atom. The Morgan fingerprint density at radius 1 is 1.21 bits per heavy atom. The Labute approximate surface area is 174 Å². The van der Waals surface area contributed by atoms with Gasteiger partial charge in [-0.25, -0.2) is 0 Å². The number of thioether (sulfide) groups is 1. The number of rotatable bonds is 6. The Bertz CT molecular complexity index is 990. The van der Waals surface area contributed by atoms with Crippen molar-refractivity contribution in [2.75, 3.05) is 6.79 Å². The van der Waals surface area contributed by atoms with Gasteiger partial charge in [0.1, 0.15) is 5.75 Å². The minimum atomic E-state index is 0.274. The van der Waals surface area contributed by atoms with Gasteiger partial charge in [0, 0.05) is 34.0 Å². The molecule has 2 aromatic carbocycles. The first-order chi connectivity index (χ1) is 13.7. The summed E-state index contributed by atoms with van der Waals surface area (Å²) in [5, 5.41) is 10.5. The van der Waals surface area contributed by atoms with Gasteiger partial charge in [0.2, 0.25) is 0 Å². The number of aromatic nitrogens is 3. The lowest BCUT2D eigenvalue weighted by Crippen LogP contribution is -2.13. The average Bonchev–Trinajstić information content (AvgIpc) is 3.09. The van der Waals surface area contributed by atoms with E-state index in [9.17, 15) is 0 Å². The Kier molecular flexibility index (Phi) is 5.90. The molecule has 1 aliphatic heterocycles. The molecule has 4 rings (SSSR count). The Balaban J connectivity index is 1.62. The molecule has 146 valence electrons. The van der Waals surface area contributed by atoms with Crippen LogP contribution in [0.4, 0.5) is 0 Å². The summed E-state index contributed by atoms with van der Waals surface area (Å²) >= 11 is 7.94. The summed E-state index contributed by atoms with van der Waals surface area (Å²) in [6.45, 7) is 5.92. The van der Waals surface area contributed by atoms with Crippen LogP contribution in [0.2, 0.25) is 5.02 Å². The molecule has 0 spiro atoms. The van der Waals surface area contributed by atoms with E-state index in [-0.39, 0.29) is 6.79 Å². The summed E-state index contributed by atoms with van der Waals surface area (Å²) in [6, 6.07) is 12.2. The van der Waals surface area contributed by atoms with E-state index in [1.165, 1.54) is 5.56 Å². The maximum Gasteiger partial charge on any atom is 0.191 e. The smallest absolute Gasteiger partial charge is 0.191 e. The van der Waals surface area contributed by atoms with Crippen LogP contribution in [0, 0.1) is 6.92 Å². The molecule has 2 heterocycles. The van der Waals surface area contributed by atoms with Crippen molar-refractivity contribution < 1.29 is 9.47 Å². The minimum Gasteiger partial charge on any atom is -0.467 e. The summed E-state index contributed by atoms with van der Waals surface area (Å²) in [5.41, 5.74) is 4.35. The summed E-state index contributed by atoms with van der Waals surface area (Å²) in [5.74, 6) is 2.49. The van der Waals surface area contributed by atoms with Gasteiger partial charge in [-0.05, 0) is 31.5 Å². The molecule has 0 N–H and O–H groups in total. The van der Waals surface area contributed by atoms with Crippen molar-refractivity contribution in [2.24, 2.45) is 0 Å². The van der Waals surface area contributed by atoms with E-state index in [4.69, 9.17) is 21.1 Å². The summed E-state index contributed by atoms with van der Waals surface area (Å²) in [4.78, 5) is 0. The molecule has 1 aromatic heterocycles. The molecule has 5 nitrogen and oxygen atoms in total. The standard InChI is InChI=1S/C21H22ClN3O2S/c1-3-7-25-20(15-6-4-5-14(2)8-15)23-24-21(25)28-12-17-10-18(22)9-16-11-26-13-27-19(16)17/h4-6,8-10H,3,7,11-13H2,1-2H3. The van der Waals surface area contributed by atoms with E-state index in [0.717, 1.165) is 46.4 Å². The lowest BCUT2D eigenvalue weighted by molar-refractivity contribution is -0.0168. The molecule has 0 bridgehead atoms. The second-order valence-corrected chi connectivity index (χ2v) is 8.16. The number of hydrogen-bond acceptors (Lipinski definition) is 5. The van der Waals surface area contributed by atoms with Crippen LogP contribution >= 0.6 is 23.4 Å². The minimum absolute atomic E-state index is 0.274. The highest BCUT2D eigenvalue weighted by Gasteiger charge is 2.19. The average molecular weight is 416 g/mol. The molecular weight excluding hydrogens is 394 g/mol. The first-order valence-corrected chi connectivity index (χ1v) is 10.7. The van der Waals surface area contributed by atoms with Crippen molar-refractivity contribution in [3.8, 4) is 17.1 Å². The number of ether oxygens (including phenoxy) is 2. The Morgan fingerprint density at radius 3 is 2.93 bits per heavy atom. The zero-order chi connectivity index (χ0) is 19.5. The van der Waals surface area contributed by atoms with Gasteiger partial charge in [-0.15, -0.1) is 10.2 Å². The molecule has 0 fully saturated rings. The molecule has 0 amide bonds. The first kappa shape index (κ1) is 19.3. The maximum atomic E-state index is 6.29. The van der Waals surface area contributed by atoms with Crippen molar-refractivity contribution in [1.82, 2.24) is 14.8 Å². The van der Waals surface area contributed by atoms with Crippen LogP contribution in [0.15, 0.2) is 41.6 Å². The van der Waals surface area contributed by atoms with E-state index in [2.05, 4.69) is 52.9 Å². The van der Waals surface area contributed by atoms with Crippen LogP contribution in [0.25, 0.3) is 11.4 Å². The van der Waals surface area contributed by atoms with Crippen molar-refractivity contribution in [3.63, 3.8) is 0 Å². The van der Waals surface area contributed by atoms with Crippen molar-refractivity contribution in [2.45, 2.75) is 44.3 Å². The second-order valence-electron chi connectivity index (χ2n) is 6.78. The summed E-state index contributed by atoms with van der Waals surface area (Å²) < 4.78 is 13.3. The van der Waals surface area contributed by atoms with Gasteiger partial charge in [0.15, 0.2) is 17.8 Å². The molecule has 0 saturated carbocycles. The monoisotopic (exact) mass is 415 g/mol. The molecule has 0 unspecified atom stereocenters. The number of hydrogen-bond donors (Lipinski definition) is 0. The van der Waals surface area contributed by atoms with Crippen molar-refractivity contribution in [1.29, 1.82) is 0 Å². The zero-order valence-electron chi connectivity index (χ0n) is 15.9. The molecular formula is C21H22ClN3O2S. The summed E-state index contributed by atoms with van der Waals surface area (Å²) in [6.07, 6.45) is 1.01. The fourth-order valence-corrected chi connectivity index (χ4v) is 4.52. The maximum absolute atomic E-state index is 6.29. The molecule has 28 heavy (non-hydrogen) atoms. The highest BCUT2D eigenvalue weighted by atomic mass is 35.5. The van der Waals surface area contributed by atoms with E-state index < -0.39 is 0 Å². The number of aryl methyl sites for hydroxylation is 1. The third-order valence-corrected chi connectivity index (χ3v) is 5.78. The fraction of sp³-hybridized carbons (Fsp3) is 0.333. The van der Waals surface area contributed by atoms with E-state index in [1.807, 2.05) is 12.1 Å². The van der Waals surface area contributed by atoms with E-state index in [1.54, 1.807) is 11.8 Å². The van der Waals surface area contributed by atoms with Gasteiger partial charge in [-0.1, -0.05) is 54.0 Å². The van der Waals surface area contributed by atoms with Crippen LogP contribution in [0.1, 0.15) is 30.0 Å². The fourth-order valence-electron chi connectivity index (χ4n) is 3.32. The van der Waals surface area contributed by atoms with Gasteiger partial charge in [0.25, 0.3) is 0 Å². The van der Waals surface area contributed by atoms with Crippen LogP contribution in [0.5, 0.6) is 5.75 Å². The van der Waals surface area contributed by atoms with E-state index in [0.29, 0.717) is 17.4 Å². The van der Waals surface area contributed by atoms with Crippen molar-refractivity contribution in [3.05, 3.63) is 58.1 Å². The third-order valence-electron chi connectivity index (χ3n) is 4.55. The quantitative estimate of drug-likeness (QED) is 0.499. The van der Waals surface area contributed by atoms with Crippen molar-refractivity contribution >= 4 is 23.4 Å². The van der Waals surface area contributed by atoms with Gasteiger partial charge in [0.05, 0.1) is 6.61 Å². The molecule has 7 heteroatoms. The van der Waals surface area contributed by atoms with Gasteiger partial charge < -0.3 is 14.0 Å². The predicted octanol–water partition coefficient (Wildman–Crippen LogP) is 5.48.